The highest BCUT2D eigenvalue weighted by atomic mass is 32.1. The van der Waals surface area contributed by atoms with Crippen LogP contribution in [0, 0.1) is 0 Å². The van der Waals surface area contributed by atoms with Crippen molar-refractivity contribution >= 4 is 11.3 Å². The van der Waals surface area contributed by atoms with E-state index in [1.807, 2.05) is 18.3 Å². The van der Waals surface area contributed by atoms with Gasteiger partial charge in [-0.15, -0.1) is 11.3 Å². The lowest BCUT2D eigenvalue weighted by Crippen LogP contribution is -2.41. The minimum absolute atomic E-state index is 0.316. The fourth-order valence-electron chi connectivity index (χ4n) is 4.85. The van der Waals surface area contributed by atoms with E-state index in [-0.39, 0.29) is 0 Å². The molecule has 1 fully saturated rings. The Morgan fingerprint density at radius 2 is 2.07 bits per heavy atom. The van der Waals surface area contributed by atoms with E-state index in [1.165, 1.54) is 29.8 Å². The monoisotopic (exact) mass is 379 g/mol. The summed E-state index contributed by atoms with van der Waals surface area (Å²) >= 11 is 1.76. The quantitative estimate of drug-likeness (QED) is 0.708. The maximum Gasteiger partial charge on any atom is 0.117 e. The van der Waals surface area contributed by atoms with Crippen molar-refractivity contribution < 1.29 is 4.42 Å². The molecule has 2 aliphatic rings. The smallest absolute Gasteiger partial charge is 0.117 e. The summed E-state index contributed by atoms with van der Waals surface area (Å²) in [5.41, 5.74) is 3.37. The Balaban J connectivity index is 1.30. The lowest BCUT2D eigenvalue weighted by Gasteiger charge is -2.40. The van der Waals surface area contributed by atoms with E-state index in [4.69, 9.17) is 4.42 Å². The van der Waals surface area contributed by atoms with Crippen LogP contribution < -0.4 is 5.32 Å². The molecule has 1 aliphatic carbocycles. The fraction of sp³-hybridized carbons (Fsp3) is 0.409. The topological polar surface area (TPSA) is 41.3 Å². The first-order chi connectivity index (χ1) is 13.3. The Bertz CT molecular complexity index is 867. The van der Waals surface area contributed by atoms with Crippen molar-refractivity contribution in [1.82, 2.24) is 15.2 Å². The predicted octanol–water partition coefficient (Wildman–Crippen LogP) is 4.50. The van der Waals surface area contributed by atoms with E-state index in [0.717, 1.165) is 31.9 Å². The van der Waals surface area contributed by atoms with E-state index in [0.29, 0.717) is 11.5 Å². The number of fused-ring (bicyclic) bond motifs is 2. The number of nitrogens with zero attached hydrogens (tertiary/aromatic N) is 2. The minimum atomic E-state index is 0.316. The van der Waals surface area contributed by atoms with E-state index in [1.54, 1.807) is 23.2 Å². The third-order valence-electron chi connectivity index (χ3n) is 6.26. The molecule has 3 aromatic rings. The number of furan rings is 1. The molecule has 0 saturated carbocycles. The summed E-state index contributed by atoms with van der Waals surface area (Å²) in [6.07, 6.45) is 7.31. The van der Waals surface area contributed by atoms with E-state index in [9.17, 15) is 0 Å². The van der Waals surface area contributed by atoms with Crippen molar-refractivity contribution in [2.24, 2.45) is 0 Å². The second-order valence-corrected chi connectivity index (χ2v) is 8.77. The zero-order valence-electron chi connectivity index (χ0n) is 15.4. The Morgan fingerprint density at radius 3 is 2.85 bits per heavy atom. The average Bonchev–Trinajstić information content (AvgIpc) is 3.45. The Kier molecular flexibility index (Phi) is 4.60. The lowest BCUT2D eigenvalue weighted by atomic mass is 9.73. The third kappa shape index (κ3) is 3.35. The number of piperidine rings is 1. The van der Waals surface area contributed by atoms with Crippen LogP contribution in [-0.2, 0) is 18.5 Å². The van der Waals surface area contributed by atoms with Crippen LogP contribution in [0.4, 0.5) is 0 Å². The lowest BCUT2D eigenvalue weighted by molar-refractivity contribution is 0.146. The largest absolute Gasteiger partial charge is 0.468 e. The van der Waals surface area contributed by atoms with Crippen LogP contribution in [0.1, 0.15) is 47.2 Å². The second kappa shape index (κ2) is 7.23. The van der Waals surface area contributed by atoms with Gasteiger partial charge in [0, 0.05) is 17.6 Å². The third-order valence-corrected chi connectivity index (χ3v) is 7.03. The summed E-state index contributed by atoms with van der Waals surface area (Å²) in [5, 5.41) is 7.05. The molecule has 1 unspecified atom stereocenters. The van der Waals surface area contributed by atoms with Gasteiger partial charge in [0.15, 0.2) is 0 Å². The van der Waals surface area contributed by atoms with Gasteiger partial charge in [-0.05, 0) is 61.0 Å². The molecule has 1 aromatic carbocycles. The van der Waals surface area contributed by atoms with E-state index in [2.05, 4.69) is 44.8 Å². The minimum Gasteiger partial charge on any atom is -0.468 e. The summed E-state index contributed by atoms with van der Waals surface area (Å²) < 4.78 is 5.51. The van der Waals surface area contributed by atoms with Gasteiger partial charge in [0.25, 0.3) is 0 Å². The molecule has 1 atom stereocenters. The molecule has 4 nitrogen and oxygen atoms in total. The fourth-order valence-corrected chi connectivity index (χ4v) is 5.51. The van der Waals surface area contributed by atoms with Crippen LogP contribution in [0.25, 0.3) is 0 Å². The maximum absolute atomic E-state index is 5.51. The van der Waals surface area contributed by atoms with Gasteiger partial charge in [-0.25, -0.2) is 4.98 Å². The highest BCUT2D eigenvalue weighted by Crippen LogP contribution is 2.50. The Hall–Kier alpha value is -1.95. The van der Waals surface area contributed by atoms with Crippen molar-refractivity contribution in [1.29, 1.82) is 0 Å². The molecule has 2 aromatic heterocycles. The van der Waals surface area contributed by atoms with Crippen LogP contribution in [-0.4, -0.2) is 23.0 Å². The zero-order chi connectivity index (χ0) is 18.1. The van der Waals surface area contributed by atoms with Gasteiger partial charge in [-0.2, -0.15) is 0 Å². The number of aromatic nitrogens is 1. The first-order valence-corrected chi connectivity index (χ1v) is 10.7. The number of hydrogen-bond acceptors (Lipinski definition) is 5. The van der Waals surface area contributed by atoms with Crippen molar-refractivity contribution in [3.63, 3.8) is 0 Å². The maximum atomic E-state index is 5.51. The van der Waals surface area contributed by atoms with Crippen molar-refractivity contribution in [3.05, 3.63) is 76.1 Å². The Morgan fingerprint density at radius 1 is 1.19 bits per heavy atom. The SMILES string of the molecule is c1coc(CNC2CC3(CCN(Cc4nccs4)CC3)c3ccccc32)c1. The zero-order valence-corrected chi connectivity index (χ0v) is 16.3. The molecule has 0 amide bonds. The first kappa shape index (κ1) is 17.2. The van der Waals surface area contributed by atoms with Gasteiger partial charge < -0.3 is 9.73 Å². The number of nitrogens with one attached hydrogen (secondary N) is 1. The molecule has 1 saturated heterocycles. The van der Waals surface area contributed by atoms with Gasteiger partial charge in [0.1, 0.15) is 10.8 Å². The molecule has 1 N–H and O–H groups in total. The molecule has 5 rings (SSSR count). The highest BCUT2D eigenvalue weighted by molar-refractivity contribution is 7.09. The predicted molar refractivity (Wildman–Crippen MR) is 108 cm³/mol. The Labute approximate surface area is 164 Å². The van der Waals surface area contributed by atoms with Crippen molar-refractivity contribution in [2.75, 3.05) is 13.1 Å². The summed E-state index contributed by atoms with van der Waals surface area (Å²) in [4.78, 5) is 7.02. The summed E-state index contributed by atoms with van der Waals surface area (Å²) in [6.45, 7) is 4.09. The molecule has 27 heavy (non-hydrogen) atoms. The summed E-state index contributed by atoms with van der Waals surface area (Å²) in [6, 6.07) is 13.5. The second-order valence-electron chi connectivity index (χ2n) is 7.79. The molecule has 5 heteroatoms. The molecule has 1 spiro atoms. The molecular weight excluding hydrogens is 354 g/mol. The summed E-state index contributed by atoms with van der Waals surface area (Å²) in [7, 11) is 0. The van der Waals surface area contributed by atoms with E-state index < -0.39 is 0 Å². The van der Waals surface area contributed by atoms with Crippen molar-refractivity contribution in [2.45, 2.75) is 43.8 Å². The molecule has 1 aliphatic heterocycles. The molecule has 3 heterocycles. The van der Waals surface area contributed by atoms with Crippen LogP contribution in [0.5, 0.6) is 0 Å². The van der Waals surface area contributed by atoms with Gasteiger partial charge in [-0.3, -0.25) is 4.90 Å². The number of hydrogen-bond donors (Lipinski definition) is 1. The number of likely N-dealkylation sites (tertiary alicyclic amines) is 1. The molecule has 140 valence electrons. The van der Waals surface area contributed by atoms with Crippen LogP contribution in [0.3, 0.4) is 0 Å². The molecular formula is C22H25N3OS. The van der Waals surface area contributed by atoms with Crippen LogP contribution in [0.2, 0.25) is 0 Å². The van der Waals surface area contributed by atoms with Gasteiger partial charge in [-0.1, -0.05) is 24.3 Å². The van der Waals surface area contributed by atoms with Gasteiger partial charge in [0.2, 0.25) is 0 Å². The molecule has 0 radical (unpaired) electrons. The number of rotatable bonds is 5. The van der Waals surface area contributed by atoms with Crippen molar-refractivity contribution in [3.8, 4) is 0 Å². The average molecular weight is 380 g/mol. The molecule has 0 bridgehead atoms. The number of thiazole rings is 1. The number of benzene rings is 1. The standard InChI is InChI=1S/C22H25N3OS/c1-2-6-19-18(5-1)20(24-15-17-4-3-12-26-17)14-22(19)7-10-25(11-8-22)16-21-23-9-13-27-21/h1-6,9,12-13,20,24H,7-8,10-11,14-16H2. The summed E-state index contributed by atoms with van der Waals surface area (Å²) in [5.74, 6) is 1.01. The van der Waals surface area contributed by atoms with Crippen LogP contribution in [0.15, 0.2) is 58.7 Å². The highest BCUT2D eigenvalue weighted by Gasteiger charge is 2.45. The normalized spacial score (nSPS) is 21.6. The first-order valence-electron chi connectivity index (χ1n) is 9.78. The van der Waals surface area contributed by atoms with Gasteiger partial charge >= 0.3 is 0 Å². The van der Waals surface area contributed by atoms with Gasteiger partial charge in [0.05, 0.1) is 19.4 Å². The van der Waals surface area contributed by atoms with E-state index >= 15 is 0 Å². The van der Waals surface area contributed by atoms with Crippen LogP contribution >= 0.6 is 11.3 Å².